The molecule has 0 spiro atoms. The Kier molecular flexibility index (Phi) is 8.49. The Balaban J connectivity index is 1.99. The number of nitrogens with zero attached hydrogens (tertiary/aromatic N) is 1. The normalized spacial score (nSPS) is 12.1. The van der Waals surface area contributed by atoms with Gasteiger partial charge in [0.15, 0.2) is 0 Å². The van der Waals surface area contributed by atoms with Crippen LogP contribution in [-0.4, -0.2) is 30.7 Å². The minimum Gasteiger partial charge on any atom is -0.494 e. The summed E-state index contributed by atoms with van der Waals surface area (Å²) in [6, 6.07) is 11.1. The van der Waals surface area contributed by atoms with E-state index in [4.69, 9.17) is 27.9 Å². The van der Waals surface area contributed by atoms with Crippen LogP contribution in [0.1, 0.15) is 36.7 Å². The monoisotopic (exact) mass is 435 g/mol. The number of halogens is 2. The average Bonchev–Trinajstić information content (AvgIpc) is 2.69. The Morgan fingerprint density at radius 3 is 2.38 bits per heavy atom. The predicted molar refractivity (Wildman–Crippen MR) is 116 cm³/mol. The second-order valence-electron chi connectivity index (χ2n) is 6.56. The van der Waals surface area contributed by atoms with Crippen molar-refractivity contribution < 1.29 is 14.3 Å². The van der Waals surface area contributed by atoms with E-state index in [0.717, 1.165) is 11.3 Å². The van der Waals surface area contributed by atoms with Crippen molar-refractivity contribution in [2.75, 3.05) is 6.61 Å². The largest absolute Gasteiger partial charge is 0.494 e. The van der Waals surface area contributed by atoms with E-state index in [1.807, 2.05) is 45.0 Å². The molecule has 0 fully saturated rings. The molecule has 2 aromatic rings. The molecule has 0 radical (unpaired) electrons. The molecular weight excluding hydrogens is 413 g/mol. The van der Waals surface area contributed by atoms with E-state index in [9.17, 15) is 9.59 Å². The molecular formula is C21H23Cl2N3O3. The van der Waals surface area contributed by atoms with Gasteiger partial charge in [-0.25, -0.2) is 5.43 Å². The minimum atomic E-state index is -0.769. The van der Waals surface area contributed by atoms with E-state index in [-0.39, 0.29) is 10.9 Å². The van der Waals surface area contributed by atoms with Gasteiger partial charge in [-0.05, 0) is 60.9 Å². The van der Waals surface area contributed by atoms with E-state index in [2.05, 4.69) is 15.8 Å². The van der Waals surface area contributed by atoms with Gasteiger partial charge in [-0.2, -0.15) is 5.10 Å². The van der Waals surface area contributed by atoms with Gasteiger partial charge >= 0.3 is 0 Å². The molecule has 2 amide bonds. The summed E-state index contributed by atoms with van der Waals surface area (Å²) in [4.78, 5) is 25.0. The highest BCUT2D eigenvalue weighted by Crippen LogP contribution is 2.22. The highest BCUT2D eigenvalue weighted by atomic mass is 35.5. The number of rotatable bonds is 8. The van der Waals surface area contributed by atoms with Crippen LogP contribution < -0.4 is 15.5 Å². The summed E-state index contributed by atoms with van der Waals surface area (Å²) in [5.41, 5.74) is 3.58. The number of nitrogens with one attached hydrogen (secondary N) is 2. The topological polar surface area (TPSA) is 79.8 Å². The maximum atomic E-state index is 12.5. The minimum absolute atomic E-state index is 0.151. The van der Waals surface area contributed by atoms with Gasteiger partial charge < -0.3 is 10.1 Å². The number of amides is 2. The third kappa shape index (κ3) is 6.76. The van der Waals surface area contributed by atoms with E-state index in [0.29, 0.717) is 17.2 Å². The van der Waals surface area contributed by atoms with E-state index < -0.39 is 17.9 Å². The lowest BCUT2D eigenvalue weighted by atomic mass is 10.0. The van der Waals surface area contributed by atoms with Crippen LogP contribution in [0.5, 0.6) is 5.75 Å². The summed E-state index contributed by atoms with van der Waals surface area (Å²) in [6.07, 6.45) is 1.52. The maximum Gasteiger partial charge on any atom is 0.262 e. The molecule has 0 aliphatic heterocycles. The van der Waals surface area contributed by atoms with Crippen LogP contribution in [0.15, 0.2) is 47.6 Å². The van der Waals surface area contributed by atoms with Crippen LogP contribution in [0.2, 0.25) is 10.0 Å². The van der Waals surface area contributed by atoms with Crippen LogP contribution in [0.3, 0.4) is 0 Å². The average molecular weight is 436 g/mol. The number of benzene rings is 2. The molecule has 1 unspecified atom stereocenters. The lowest BCUT2D eigenvalue weighted by Crippen LogP contribution is -2.48. The fourth-order valence-electron chi connectivity index (χ4n) is 2.45. The fraction of sp³-hybridized carbons (Fsp3) is 0.286. The lowest BCUT2D eigenvalue weighted by molar-refractivity contribution is -0.123. The predicted octanol–water partition coefficient (Wildman–Crippen LogP) is 4.30. The molecule has 154 valence electrons. The SMILES string of the molecule is CCOc1ccc(C=NNC(=O)C(NC(=O)c2ccc(Cl)c(Cl)c2)C(C)C)cc1. The second-order valence-corrected chi connectivity index (χ2v) is 7.37. The Hall–Kier alpha value is -2.57. The molecule has 0 bridgehead atoms. The quantitative estimate of drug-likeness (QED) is 0.479. The molecule has 6 nitrogen and oxygen atoms in total. The van der Waals surface area contributed by atoms with Crippen molar-refractivity contribution in [2.45, 2.75) is 26.8 Å². The van der Waals surface area contributed by atoms with Gasteiger partial charge in [-0.3, -0.25) is 9.59 Å². The third-order valence-corrected chi connectivity index (χ3v) is 4.74. The van der Waals surface area contributed by atoms with Gasteiger partial charge in [0, 0.05) is 5.56 Å². The molecule has 29 heavy (non-hydrogen) atoms. The zero-order chi connectivity index (χ0) is 21.4. The van der Waals surface area contributed by atoms with Crippen LogP contribution in [0, 0.1) is 5.92 Å². The molecule has 0 saturated carbocycles. The highest BCUT2D eigenvalue weighted by molar-refractivity contribution is 6.42. The van der Waals surface area contributed by atoms with Gasteiger partial charge in [0.1, 0.15) is 11.8 Å². The van der Waals surface area contributed by atoms with Gasteiger partial charge in [0.25, 0.3) is 11.8 Å². The second kappa shape index (κ2) is 10.8. The van der Waals surface area contributed by atoms with E-state index in [1.54, 1.807) is 6.07 Å². The summed E-state index contributed by atoms with van der Waals surface area (Å²) >= 11 is 11.8. The van der Waals surface area contributed by atoms with Crippen molar-refractivity contribution in [1.82, 2.24) is 10.7 Å². The molecule has 0 aliphatic rings. The Bertz CT molecular complexity index is 883. The van der Waals surface area contributed by atoms with E-state index >= 15 is 0 Å². The molecule has 0 aliphatic carbocycles. The fourth-order valence-corrected chi connectivity index (χ4v) is 2.75. The first kappa shape index (κ1) is 22.7. The number of hydrogen-bond donors (Lipinski definition) is 2. The smallest absolute Gasteiger partial charge is 0.262 e. The van der Waals surface area contributed by atoms with E-state index in [1.165, 1.54) is 18.3 Å². The summed E-state index contributed by atoms with van der Waals surface area (Å²) in [5, 5.41) is 7.30. The van der Waals surface area contributed by atoms with Crippen molar-refractivity contribution >= 4 is 41.2 Å². The van der Waals surface area contributed by atoms with Gasteiger partial charge in [-0.15, -0.1) is 0 Å². The lowest BCUT2D eigenvalue weighted by Gasteiger charge is -2.20. The third-order valence-electron chi connectivity index (χ3n) is 4.00. The van der Waals surface area contributed by atoms with Gasteiger partial charge in [0.2, 0.25) is 0 Å². The Morgan fingerprint density at radius 1 is 1.10 bits per heavy atom. The van der Waals surface area contributed by atoms with Gasteiger partial charge in [-0.1, -0.05) is 37.0 Å². The number of carbonyl (C=O) groups excluding carboxylic acids is 2. The number of hydrogen-bond acceptors (Lipinski definition) is 4. The molecule has 2 rings (SSSR count). The van der Waals surface area contributed by atoms with Crippen molar-refractivity contribution in [3.63, 3.8) is 0 Å². The summed E-state index contributed by atoms with van der Waals surface area (Å²) < 4.78 is 5.38. The van der Waals surface area contributed by atoms with Crippen molar-refractivity contribution in [3.05, 3.63) is 63.6 Å². The standard InChI is InChI=1S/C21H23Cl2N3O3/c1-4-29-16-8-5-14(6-9-16)12-24-26-21(28)19(13(2)3)25-20(27)15-7-10-17(22)18(23)11-15/h5-13,19H,4H2,1-3H3,(H,25,27)(H,26,28). The van der Waals surface area contributed by atoms with Crippen LogP contribution >= 0.6 is 23.2 Å². The first-order chi connectivity index (χ1) is 13.8. The number of ether oxygens (including phenoxy) is 1. The Labute approximate surface area is 180 Å². The molecule has 1 atom stereocenters. The first-order valence-electron chi connectivity index (χ1n) is 9.13. The molecule has 0 saturated heterocycles. The summed E-state index contributed by atoms with van der Waals surface area (Å²) in [5.74, 6) is -0.232. The van der Waals surface area contributed by atoms with Crippen LogP contribution in [0.25, 0.3) is 0 Å². The Morgan fingerprint density at radius 2 is 1.79 bits per heavy atom. The zero-order valence-electron chi connectivity index (χ0n) is 16.4. The molecule has 8 heteroatoms. The van der Waals surface area contributed by atoms with Crippen molar-refractivity contribution in [1.29, 1.82) is 0 Å². The summed E-state index contributed by atoms with van der Waals surface area (Å²) in [6.45, 7) is 6.16. The molecule has 2 N–H and O–H groups in total. The molecule has 2 aromatic carbocycles. The maximum absolute atomic E-state index is 12.5. The van der Waals surface area contributed by atoms with Crippen molar-refractivity contribution in [3.8, 4) is 5.75 Å². The first-order valence-corrected chi connectivity index (χ1v) is 9.89. The highest BCUT2D eigenvalue weighted by Gasteiger charge is 2.24. The molecule has 0 aromatic heterocycles. The molecule has 0 heterocycles. The van der Waals surface area contributed by atoms with Crippen LogP contribution in [0.4, 0.5) is 0 Å². The number of hydrazone groups is 1. The zero-order valence-corrected chi connectivity index (χ0v) is 17.9. The van der Waals surface area contributed by atoms with Gasteiger partial charge in [0.05, 0.1) is 22.9 Å². The van der Waals surface area contributed by atoms with Crippen LogP contribution in [-0.2, 0) is 4.79 Å². The number of carbonyl (C=O) groups is 2. The summed E-state index contributed by atoms with van der Waals surface area (Å²) in [7, 11) is 0. The van der Waals surface area contributed by atoms with Crippen molar-refractivity contribution in [2.24, 2.45) is 11.0 Å².